The van der Waals surface area contributed by atoms with Gasteiger partial charge in [-0.2, -0.15) is 0 Å². The summed E-state index contributed by atoms with van der Waals surface area (Å²) in [5.74, 6) is -2.90. The Bertz CT molecular complexity index is 1830. The number of aliphatic hydroxyl groups excluding tert-OH is 2. The number of carbonyl (C=O) groups is 5. The van der Waals surface area contributed by atoms with E-state index < -0.39 is 121 Å². The van der Waals surface area contributed by atoms with Crippen LogP contribution in [0.3, 0.4) is 0 Å². The maximum Gasteiger partial charge on any atom is 0.409 e. The van der Waals surface area contributed by atoms with E-state index in [0.717, 1.165) is 11.8 Å². The fourth-order valence-corrected chi connectivity index (χ4v) is 7.78. The molecular formula is C37H49ClN4O16. The van der Waals surface area contributed by atoms with E-state index >= 15 is 0 Å². The van der Waals surface area contributed by atoms with Gasteiger partial charge < -0.3 is 64.6 Å². The number of amides is 4. The summed E-state index contributed by atoms with van der Waals surface area (Å²) in [7, 11) is 2.65. The summed E-state index contributed by atoms with van der Waals surface area (Å²) in [5, 5.41) is 50.1. The Balaban J connectivity index is 1.67. The third-order valence-electron chi connectivity index (χ3n) is 10.6. The van der Waals surface area contributed by atoms with Crippen molar-refractivity contribution in [3.63, 3.8) is 0 Å². The summed E-state index contributed by atoms with van der Waals surface area (Å²) in [6.07, 6.45) is -12.6. The molecule has 320 valence electrons. The van der Waals surface area contributed by atoms with Crippen LogP contribution in [0.4, 0.5) is 20.1 Å². The molecular weight excluding hydrogens is 792 g/mol. The Labute approximate surface area is 338 Å². The summed E-state index contributed by atoms with van der Waals surface area (Å²) in [5.41, 5.74) is 2.71. The average molecular weight is 841 g/mol. The zero-order chi connectivity index (χ0) is 42.9. The fourth-order valence-electron chi connectivity index (χ4n) is 7.58. The smallest absolute Gasteiger partial charge is 0.409 e. The number of nitrogens with zero attached hydrogens (tertiary/aromatic N) is 1. The van der Waals surface area contributed by atoms with Gasteiger partial charge in [0.15, 0.2) is 18.1 Å². The third-order valence-corrected chi connectivity index (χ3v) is 11.0. The quantitative estimate of drug-likeness (QED) is 0.120. The van der Waals surface area contributed by atoms with Gasteiger partial charge in [-0.05, 0) is 38.0 Å². The number of hydrogen-bond donors (Lipinski definition) is 7. The molecule has 0 radical (unpaired) electrons. The maximum absolute atomic E-state index is 14.9. The molecule has 4 aliphatic heterocycles. The molecule has 0 aliphatic carbocycles. The summed E-state index contributed by atoms with van der Waals surface area (Å²) in [4.78, 5) is 65.0. The highest BCUT2D eigenvalue weighted by molar-refractivity contribution is 6.35. The monoisotopic (exact) mass is 840 g/mol. The number of phenols is 1. The van der Waals surface area contributed by atoms with Crippen LogP contribution in [0.2, 0.25) is 5.02 Å². The van der Waals surface area contributed by atoms with Crippen LogP contribution >= 0.6 is 11.6 Å². The molecule has 1 aromatic rings. The molecule has 12 atom stereocenters. The van der Waals surface area contributed by atoms with Gasteiger partial charge >= 0.3 is 24.2 Å². The molecule has 0 aromatic heterocycles. The number of ether oxygens (including phenoxy) is 7. The lowest BCUT2D eigenvalue weighted by Crippen LogP contribution is -2.65. The number of benzene rings is 1. The number of esters is 1. The third kappa shape index (κ3) is 9.43. The van der Waals surface area contributed by atoms with Crippen molar-refractivity contribution in [3.05, 3.63) is 46.5 Å². The maximum atomic E-state index is 14.9. The molecule has 20 nitrogen and oxygen atoms in total. The number of nitrogens with two attached hydrogens (primary N) is 1. The normalized spacial score (nSPS) is 36.8. The first-order valence-corrected chi connectivity index (χ1v) is 18.7. The number of epoxide rings is 1. The van der Waals surface area contributed by atoms with Crippen molar-refractivity contribution in [1.82, 2.24) is 10.6 Å². The highest BCUT2D eigenvalue weighted by Gasteiger charge is 2.65. The lowest BCUT2D eigenvalue weighted by Gasteiger charge is -2.46. The zero-order valence-corrected chi connectivity index (χ0v) is 33.3. The van der Waals surface area contributed by atoms with E-state index in [-0.39, 0.29) is 23.6 Å². The number of hydrogen-bond acceptors (Lipinski definition) is 16. The molecule has 21 heteroatoms. The predicted molar refractivity (Wildman–Crippen MR) is 199 cm³/mol. The molecule has 1 aromatic carbocycles. The molecule has 4 amide bonds. The van der Waals surface area contributed by atoms with Gasteiger partial charge in [0.25, 0.3) is 0 Å². The Morgan fingerprint density at radius 2 is 1.88 bits per heavy atom. The number of primary amides is 1. The number of phenolic OH excluding ortho intramolecular Hbond substituents is 1. The Kier molecular flexibility index (Phi) is 13.5. The molecule has 0 saturated carbocycles. The summed E-state index contributed by atoms with van der Waals surface area (Å²) in [6.45, 7) is 5.44. The van der Waals surface area contributed by atoms with Crippen molar-refractivity contribution in [2.24, 2.45) is 11.7 Å². The number of allylic oxidation sites excluding steroid dienone is 3. The molecule has 0 spiro atoms. The molecule has 5 rings (SSSR count). The number of fused-ring (bicyclic) bond motifs is 5. The molecule has 8 N–H and O–H groups in total. The summed E-state index contributed by atoms with van der Waals surface area (Å²) >= 11 is 6.70. The van der Waals surface area contributed by atoms with Crippen molar-refractivity contribution in [2.75, 3.05) is 25.7 Å². The van der Waals surface area contributed by atoms with Crippen LogP contribution in [-0.2, 0) is 49.2 Å². The van der Waals surface area contributed by atoms with Crippen LogP contribution in [0.25, 0.3) is 0 Å². The van der Waals surface area contributed by atoms with Gasteiger partial charge in [-0.25, -0.2) is 14.4 Å². The SMILES string of the molecule is CNC(=O)O[C@H]1CC(=O)N([C@H]2O[C@@H](COC(C)=O)[C@H](OC(N)=O)[C@@H](O)[C@@H]2O)c2cc(cc(O)c2Cl)C/C(C)=C/C=C/[C@@H](OC)[C@@]2(O)C[C@H](OC(=O)N2)[C@@H](C)[C@H]2O[C@@]12C. The van der Waals surface area contributed by atoms with Crippen molar-refractivity contribution >= 4 is 47.4 Å². The molecule has 58 heavy (non-hydrogen) atoms. The van der Waals surface area contributed by atoms with Gasteiger partial charge in [0.2, 0.25) is 5.91 Å². The van der Waals surface area contributed by atoms with Crippen LogP contribution in [0, 0.1) is 5.92 Å². The van der Waals surface area contributed by atoms with E-state index in [1.54, 1.807) is 32.9 Å². The number of nitrogens with one attached hydrogen (secondary N) is 2. The minimum atomic E-state index is -2.07. The summed E-state index contributed by atoms with van der Waals surface area (Å²) in [6, 6.07) is 2.77. The largest absolute Gasteiger partial charge is 0.506 e. The summed E-state index contributed by atoms with van der Waals surface area (Å²) < 4.78 is 39.2. The number of aliphatic hydroxyl groups is 3. The van der Waals surface area contributed by atoms with Crippen molar-refractivity contribution in [3.8, 4) is 5.75 Å². The van der Waals surface area contributed by atoms with Crippen LogP contribution in [-0.4, -0.2) is 138 Å². The second-order valence-corrected chi connectivity index (χ2v) is 15.2. The number of carbonyl (C=O) groups excluding carboxylic acids is 5. The molecule has 3 fully saturated rings. The highest BCUT2D eigenvalue weighted by Crippen LogP contribution is 2.49. The first-order valence-electron chi connectivity index (χ1n) is 18.3. The van der Waals surface area contributed by atoms with Gasteiger partial charge in [0.1, 0.15) is 59.6 Å². The van der Waals surface area contributed by atoms with Crippen LogP contribution in [0.15, 0.2) is 35.9 Å². The first-order chi connectivity index (χ1) is 27.2. The second kappa shape index (κ2) is 17.7. The molecule has 4 aliphatic rings. The number of alkyl carbamates (subject to hydrolysis) is 2. The topological polar surface area (TPSA) is 287 Å². The van der Waals surface area contributed by atoms with E-state index in [4.69, 9.17) is 50.5 Å². The Morgan fingerprint density at radius 3 is 2.52 bits per heavy atom. The predicted octanol–water partition coefficient (Wildman–Crippen LogP) is 1.02. The Hall–Kier alpha value is -4.70. The molecule has 3 saturated heterocycles. The second-order valence-electron chi connectivity index (χ2n) is 14.8. The Morgan fingerprint density at radius 1 is 1.17 bits per heavy atom. The highest BCUT2D eigenvalue weighted by atomic mass is 35.5. The lowest BCUT2D eigenvalue weighted by molar-refractivity contribution is -0.230. The van der Waals surface area contributed by atoms with E-state index in [2.05, 4.69) is 10.6 Å². The van der Waals surface area contributed by atoms with E-state index in [1.807, 2.05) is 0 Å². The van der Waals surface area contributed by atoms with Crippen molar-refractivity contribution < 1.29 is 77.6 Å². The van der Waals surface area contributed by atoms with Crippen molar-refractivity contribution in [2.45, 2.75) is 113 Å². The minimum Gasteiger partial charge on any atom is -0.506 e. The molecule has 4 heterocycles. The van der Waals surface area contributed by atoms with Crippen molar-refractivity contribution in [1.29, 1.82) is 0 Å². The fraction of sp³-hybridized carbons (Fsp3) is 0.595. The van der Waals surface area contributed by atoms with Gasteiger partial charge in [0, 0.05) is 33.4 Å². The van der Waals surface area contributed by atoms with Gasteiger partial charge in [0.05, 0.1) is 18.2 Å². The average Bonchev–Trinajstić information content (AvgIpc) is 3.84. The molecule has 4 bridgehead atoms. The van der Waals surface area contributed by atoms with Crippen LogP contribution < -0.4 is 21.3 Å². The van der Waals surface area contributed by atoms with Crippen LogP contribution in [0.5, 0.6) is 5.75 Å². The number of aromatic hydroxyl groups is 1. The number of rotatable bonds is 6. The number of halogens is 1. The van der Waals surface area contributed by atoms with Gasteiger partial charge in [-0.3, -0.25) is 19.8 Å². The van der Waals surface area contributed by atoms with Crippen LogP contribution in [0.1, 0.15) is 46.1 Å². The van der Waals surface area contributed by atoms with E-state index in [0.29, 0.717) is 11.1 Å². The zero-order valence-electron chi connectivity index (χ0n) is 32.6. The standard InChI is InChI=1S/C37H49ClN4O16/c1-16-8-7-9-24(52-6)37(51)14-22(55-35(50)41-37)17(2)31-36(4,58-31)25(56-34(49)40-5)13-26(45)42(20-11-19(10-16)12-21(44)27(20)38)32-29(47)28(46)30(57-33(39)48)23(54-32)15-53-18(3)43/h7-9,11-12,17,22-25,28-32,44,46-47,51H,10,13-15H2,1-6H3,(H2,39,48)(H,40,49)(H,41,50)/b9-7+,16-8+/t17-,22+,23+,24-,25+,28+,29+,30+,31-,32+,36+,37+/m1/s1. The van der Waals surface area contributed by atoms with Gasteiger partial charge in [-0.1, -0.05) is 42.3 Å². The molecule has 0 unspecified atom stereocenters. The lowest BCUT2D eigenvalue weighted by atomic mass is 9.83. The minimum absolute atomic E-state index is 0.131. The van der Waals surface area contributed by atoms with Gasteiger partial charge in [-0.15, -0.1) is 0 Å². The first kappa shape index (κ1) is 44.4. The number of methoxy groups -OCH3 is 1. The number of anilines is 1. The van der Waals surface area contributed by atoms with E-state index in [9.17, 15) is 44.4 Å². The van der Waals surface area contributed by atoms with E-state index in [1.165, 1.54) is 32.4 Å².